The van der Waals surface area contributed by atoms with E-state index in [0.717, 1.165) is 31.5 Å². The van der Waals surface area contributed by atoms with Crippen LogP contribution in [0, 0.1) is 0 Å². The third kappa shape index (κ3) is 3.85. The summed E-state index contributed by atoms with van der Waals surface area (Å²) >= 11 is 0. The molecule has 5 heteroatoms. The number of piperidine rings is 1. The van der Waals surface area contributed by atoms with Gasteiger partial charge in [-0.25, -0.2) is 0 Å². The highest BCUT2D eigenvalue weighted by atomic mass is 16.5. The van der Waals surface area contributed by atoms with Gasteiger partial charge in [0.2, 0.25) is 5.91 Å². The lowest BCUT2D eigenvalue weighted by Crippen LogP contribution is -2.44. The van der Waals surface area contributed by atoms with Crippen molar-refractivity contribution in [1.82, 2.24) is 10.2 Å². The number of hydrogen-bond donors (Lipinski definition) is 1. The average molecular weight is 304 g/mol. The number of carbonyl (C=O) groups is 2. The number of hydrogen-bond acceptors (Lipinski definition) is 4. The van der Waals surface area contributed by atoms with Crippen LogP contribution in [-0.2, 0) is 11.2 Å². The second-order valence-corrected chi connectivity index (χ2v) is 5.70. The summed E-state index contributed by atoms with van der Waals surface area (Å²) in [6.07, 6.45) is 2.23. The maximum absolute atomic E-state index is 12.5. The Hall–Kier alpha value is -1.88. The first-order valence-electron chi connectivity index (χ1n) is 7.68. The Balaban J connectivity index is 2.07. The summed E-state index contributed by atoms with van der Waals surface area (Å²) in [6.45, 7) is 3.08. The van der Waals surface area contributed by atoms with Crippen molar-refractivity contribution in [3.05, 3.63) is 29.3 Å². The van der Waals surface area contributed by atoms with E-state index in [0.29, 0.717) is 17.4 Å². The summed E-state index contributed by atoms with van der Waals surface area (Å²) in [5.41, 5.74) is 1.38. The van der Waals surface area contributed by atoms with Crippen LogP contribution in [0.5, 0.6) is 5.75 Å². The standard InChI is InChI=1S/C17H24N2O3/c1-12(20)13-4-5-16(22-3)14(10-13)11-17(21)19-8-6-15(18-2)7-9-19/h4-5,10,15,18H,6-9,11H2,1-3H3. The predicted octanol–water partition coefficient (Wildman–Crippen LogP) is 1.65. The Bertz CT molecular complexity index is 549. The fraction of sp³-hybridized carbons (Fsp3) is 0.529. The second kappa shape index (κ2) is 7.40. The lowest BCUT2D eigenvalue weighted by Gasteiger charge is -2.32. The van der Waals surface area contributed by atoms with Gasteiger partial charge in [-0.1, -0.05) is 0 Å². The molecule has 1 saturated heterocycles. The Morgan fingerprint density at radius 1 is 1.32 bits per heavy atom. The Kier molecular flexibility index (Phi) is 5.55. The molecule has 0 atom stereocenters. The molecule has 0 aromatic heterocycles. The molecule has 1 aromatic carbocycles. The van der Waals surface area contributed by atoms with Crippen LogP contribution in [0.3, 0.4) is 0 Å². The third-order valence-corrected chi connectivity index (χ3v) is 4.28. The summed E-state index contributed by atoms with van der Waals surface area (Å²) in [4.78, 5) is 25.9. The predicted molar refractivity (Wildman–Crippen MR) is 85.4 cm³/mol. The van der Waals surface area contributed by atoms with E-state index in [1.54, 1.807) is 25.3 Å². The monoisotopic (exact) mass is 304 g/mol. The second-order valence-electron chi connectivity index (χ2n) is 5.70. The molecule has 1 aliphatic rings. The van der Waals surface area contributed by atoms with Gasteiger partial charge >= 0.3 is 0 Å². The molecule has 0 bridgehead atoms. The molecule has 1 amide bonds. The summed E-state index contributed by atoms with van der Waals surface area (Å²) in [6, 6.07) is 5.75. The lowest BCUT2D eigenvalue weighted by molar-refractivity contribution is -0.131. The quantitative estimate of drug-likeness (QED) is 0.840. The van der Waals surface area contributed by atoms with Gasteiger partial charge in [-0.15, -0.1) is 0 Å². The molecule has 1 heterocycles. The number of ether oxygens (including phenoxy) is 1. The number of methoxy groups -OCH3 is 1. The molecule has 120 valence electrons. The van der Waals surface area contributed by atoms with Gasteiger partial charge < -0.3 is 15.0 Å². The van der Waals surface area contributed by atoms with E-state index >= 15 is 0 Å². The van der Waals surface area contributed by atoms with Gasteiger partial charge in [0.1, 0.15) is 5.75 Å². The number of amides is 1. The van der Waals surface area contributed by atoms with Crippen LogP contribution < -0.4 is 10.1 Å². The van der Waals surface area contributed by atoms with E-state index in [9.17, 15) is 9.59 Å². The van der Waals surface area contributed by atoms with Crippen molar-refractivity contribution in [2.45, 2.75) is 32.2 Å². The van der Waals surface area contributed by atoms with E-state index in [-0.39, 0.29) is 18.1 Å². The van der Waals surface area contributed by atoms with Crippen molar-refractivity contribution in [1.29, 1.82) is 0 Å². The fourth-order valence-electron chi connectivity index (χ4n) is 2.83. The molecule has 1 N–H and O–H groups in total. The van der Waals surface area contributed by atoms with Crippen LogP contribution in [-0.4, -0.2) is 49.9 Å². The minimum atomic E-state index is -0.00816. The van der Waals surface area contributed by atoms with E-state index in [1.807, 2.05) is 11.9 Å². The zero-order chi connectivity index (χ0) is 16.1. The molecule has 0 unspecified atom stereocenters. The Morgan fingerprint density at radius 3 is 2.55 bits per heavy atom. The van der Waals surface area contributed by atoms with E-state index in [2.05, 4.69) is 5.32 Å². The van der Waals surface area contributed by atoms with E-state index < -0.39 is 0 Å². The largest absolute Gasteiger partial charge is 0.496 e. The van der Waals surface area contributed by atoms with Crippen molar-refractivity contribution in [3.63, 3.8) is 0 Å². The SMILES string of the molecule is CNC1CCN(C(=O)Cc2cc(C(C)=O)ccc2OC)CC1. The zero-order valence-corrected chi connectivity index (χ0v) is 13.5. The molecule has 1 aromatic rings. The number of Topliss-reactive ketones (excluding diaryl/α,β-unsaturated/α-hetero) is 1. The van der Waals surface area contributed by atoms with Gasteiger partial charge in [0.25, 0.3) is 0 Å². The van der Waals surface area contributed by atoms with Crippen molar-refractivity contribution in [2.24, 2.45) is 0 Å². The first-order chi connectivity index (χ1) is 10.5. The lowest BCUT2D eigenvalue weighted by atomic mass is 10.0. The van der Waals surface area contributed by atoms with Gasteiger partial charge in [0.15, 0.2) is 5.78 Å². The third-order valence-electron chi connectivity index (χ3n) is 4.28. The first kappa shape index (κ1) is 16.5. The number of nitrogens with zero attached hydrogens (tertiary/aromatic N) is 1. The molecule has 0 spiro atoms. The highest BCUT2D eigenvalue weighted by molar-refractivity contribution is 5.94. The van der Waals surface area contributed by atoms with Gasteiger partial charge in [-0.05, 0) is 45.0 Å². The number of carbonyl (C=O) groups excluding carboxylic acids is 2. The maximum atomic E-state index is 12.5. The summed E-state index contributed by atoms with van der Waals surface area (Å²) in [5, 5.41) is 3.26. The normalized spacial score (nSPS) is 15.7. The first-order valence-corrected chi connectivity index (χ1v) is 7.68. The number of ketones is 1. The van der Waals surface area contributed by atoms with Crippen LogP contribution in [0.2, 0.25) is 0 Å². The number of rotatable bonds is 5. The highest BCUT2D eigenvalue weighted by Crippen LogP contribution is 2.22. The van der Waals surface area contributed by atoms with Crippen LogP contribution >= 0.6 is 0 Å². The van der Waals surface area contributed by atoms with Gasteiger partial charge in [0, 0.05) is 30.3 Å². The summed E-state index contributed by atoms with van der Waals surface area (Å²) in [5.74, 6) is 0.739. The molecular formula is C17H24N2O3. The molecule has 0 saturated carbocycles. The topological polar surface area (TPSA) is 58.6 Å². The fourth-order valence-corrected chi connectivity index (χ4v) is 2.83. The van der Waals surface area contributed by atoms with Crippen molar-refractivity contribution >= 4 is 11.7 Å². The molecule has 2 rings (SSSR count). The molecule has 0 aliphatic carbocycles. The van der Waals surface area contributed by atoms with Crippen LogP contribution in [0.1, 0.15) is 35.7 Å². The van der Waals surface area contributed by atoms with Crippen LogP contribution in [0.25, 0.3) is 0 Å². The van der Waals surface area contributed by atoms with Crippen molar-refractivity contribution < 1.29 is 14.3 Å². The Labute approximate surface area is 131 Å². The minimum Gasteiger partial charge on any atom is -0.496 e. The summed E-state index contributed by atoms with van der Waals surface area (Å²) in [7, 11) is 3.54. The molecule has 0 radical (unpaired) electrons. The highest BCUT2D eigenvalue weighted by Gasteiger charge is 2.22. The molecule has 1 aliphatic heterocycles. The molecule has 5 nitrogen and oxygen atoms in total. The zero-order valence-electron chi connectivity index (χ0n) is 13.5. The number of nitrogens with one attached hydrogen (secondary N) is 1. The van der Waals surface area contributed by atoms with E-state index in [1.165, 1.54) is 6.92 Å². The average Bonchev–Trinajstić information content (AvgIpc) is 2.54. The molecule has 1 fully saturated rings. The number of benzene rings is 1. The molecular weight excluding hydrogens is 280 g/mol. The summed E-state index contributed by atoms with van der Waals surface area (Å²) < 4.78 is 5.31. The number of likely N-dealkylation sites (tertiary alicyclic amines) is 1. The minimum absolute atomic E-state index is 0.00816. The van der Waals surface area contributed by atoms with Crippen LogP contribution in [0.4, 0.5) is 0 Å². The van der Waals surface area contributed by atoms with Gasteiger partial charge in [0.05, 0.1) is 13.5 Å². The maximum Gasteiger partial charge on any atom is 0.227 e. The smallest absolute Gasteiger partial charge is 0.227 e. The van der Waals surface area contributed by atoms with Crippen molar-refractivity contribution in [3.8, 4) is 5.75 Å². The van der Waals surface area contributed by atoms with Crippen LogP contribution in [0.15, 0.2) is 18.2 Å². The van der Waals surface area contributed by atoms with Gasteiger partial charge in [-0.3, -0.25) is 9.59 Å². The Morgan fingerprint density at radius 2 is 2.00 bits per heavy atom. The molecule has 22 heavy (non-hydrogen) atoms. The van der Waals surface area contributed by atoms with Crippen molar-refractivity contribution in [2.75, 3.05) is 27.2 Å². The van der Waals surface area contributed by atoms with E-state index in [4.69, 9.17) is 4.74 Å². The van der Waals surface area contributed by atoms with Gasteiger partial charge in [-0.2, -0.15) is 0 Å².